The third-order valence-corrected chi connectivity index (χ3v) is 2.99. The highest BCUT2D eigenvalue weighted by molar-refractivity contribution is 6.00. The smallest absolute Gasteiger partial charge is 0.200 e. The molecule has 3 aromatic rings. The number of aromatic amines is 1. The molecule has 5 heteroatoms. The Hall–Kier alpha value is -2.82. The number of hydrogen-bond donors (Lipinski definition) is 2. The number of ether oxygens (including phenoxy) is 1. The highest BCUT2D eigenvalue weighted by Crippen LogP contribution is 2.28. The first-order valence-electron chi connectivity index (χ1n) is 6.12. The van der Waals surface area contributed by atoms with E-state index in [1.54, 1.807) is 25.6 Å². The van der Waals surface area contributed by atoms with Crippen LogP contribution in [0.1, 0.15) is 5.56 Å². The molecule has 0 radical (unpaired) electrons. The average molecular weight is 267 g/mol. The normalized spacial score (nSPS) is 11.2. The minimum Gasteiger partial charge on any atom is -0.494 e. The van der Waals surface area contributed by atoms with Crippen LogP contribution in [0.3, 0.4) is 0 Å². The predicted octanol–water partition coefficient (Wildman–Crippen LogP) is 3.03. The van der Waals surface area contributed by atoms with Gasteiger partial charge in [0, 0.05) is 12.4 Å². The topological polar surface area (TPSA) is 70.5 Å². The molecule has 0 bridgehead atoms. The van der Waals surface area contributed by atoms with Crippen LogP contribution in [0.25, 0.3) is 11.0 Å². The highest BCUT2D eigenvalue weighted by Gasteiger charge is 2.09. The maximum atomic E-state index is 9.92. The van der Waals surface area contributed by atoms with Crippen molar-refractivity contribution in [3.63, 3.8) is 0 Å². The number of rotatable bonds is 3. The van der Waals surface area contributed by atoms with E-state index in [1.165, 1.54) is 0 Å². The van der Waals surface area contributed by atoms with Crippen molar-refractivity contribution in [2.45, 2.75) is 0 Å². The van der Waals surface area contributed by atoms with E-state index in [4.69, 9.17) is 4.74 Å². The molecule has 20 heavy (non-hydrogen) atoms. The number of nitrogens with zero attached hydrogens (tertiary/aromatic N) is 2. The first-order valence-corrected chi connectivity index (χ1v) is 6.12. The van der Waals surface area contributed by atoms with Gasteiger partial charge in [-0.15, -0.1) is 0 Å². The fraction of sp³-hybridized carbons (Fsp3) is 0.0667. The number of fused-ring (bicyclic) bond motifs is 1. The lowest BCUT2D eigenvalue weighted by Gasteiger charge is -2.02. The Morgan fingerprint density at radius 2 is 2.10 bits per heavy atom. The number of H-pyrrole nitrogens is 1. The van der Waals surface area contributed by atoms with Gasteiger partial charge >= 0.3 is 0 Å². The molecular weight excluding hydrogens is 254 g/mol. The van der Waals surface area contributed by atoms with Crippen LogP contribution in [0.15, 0.2) is 47.6 Å². The van der Waals surface area contributed by atoms with Crippen LogP contribution in [-0.4, -0.2) is 28.4 Å². The third kappa shape index (κ3) is 2.09. The van der Waals surface area contributed by atoms with Crippen molar-refractivity contribution in [1.82, 2.24) is 9.97 Å². The minimum absolute atomic E-state index is 0.0531. The summed E-state index contributed by atoms with van der Waals surface area (Å²) >= 11 is 0. The highest BCUT2D eigenvalue weighted by atomic mass is 16.5. The monoisotopic (exact) mass is 267 g/mol. The maximum absolute atomic E-state index is 9.92. The van der Waals surface area contributed by atoms with Gasteiger partial charge in [-0.2, -0.15) is 0 Å². The summed E-state index contributed by atoms with van der Waals surface area (Å²) < 4.78 is 5.23. The van der Waals surface area contributed by atoms with Crippen LogP contribution in [0.5, 0.6) is 11.6 Å². The fourth-order valence-electron chi connectivity index (χ4n) is 2.02. The third-order valence-electron chi connectivity index (χ3n) is 2.99. The number of aliphatic imine (C=N–C) groups is 1. The summed E-state index contributed by atoms with van der Waals surface area (Å²) in [4.78, 5) is 11.5. The quantitative estimate of drug-likeness (QED) is 0.716. The maximum Gasteiger partial charge on any atom is 0.200 e. The first-order chi connectivity index (χ1) is 9.79. The number of methoxy groups -OCH3 is 1. The summed E-state index contributed by atoms with van der Waals surface area (Å²) in [5.74, 6) is 0.730. The molecule has 100 valence electrons. The van der Waals surface area contributed by atoms with Gasteiger partial charge in [0.2, 0.25) is 0 Å². The number of benzene rings is 1. The zero-order chi connectivity index (χ0) is 13.9. The predicted molar refractivity (Wildman–Crippen MR) is 78.0 cm³/mol. The van der Waals surface area contributed by atoms with Gasteiger partial charge in [0.1, 0.15) is 17.0 Å². The number of nitrogens with one attached hydrogen (secondary N) is 1. The zero-order valence-electron chi connectivity index (χ0n) is 10.9. The van der Waals surface area contributed by atoms with E-state index in [9.17, 15) is 5.11 Å². The molecule has 0 saturated carbocycles. The molecule has 0 amide bonds. The molecule has 3 rings (SSSR count). The SMILES string of the molecule is COc1ccccc1N=Cc1c(O)[nH]c2cccnc12. The van der Waals surface area contributed by atoms with Gasteiger partial charge in [-0.05, 0) is 24.3 Å². The Balaban J connectivity index is 2.05. The second kappa shape index (κ2) is 5.05. The summed E-state index contributed by atoms with van der Waals surface area (Å²) in [6.07, 6.45) is 3.26. The lowest BCUT2D eigenvalue weighted by Crippen LogP contribution is -1.84. The standard InChI is InChI=1S/C15H13N3O2/c1-20-13-7-3-2-5-11(13)17-9-10-14-12(18-15(10)19)6-4-8-16-14/h2-9,18-19H,1H3. The van der Waals surface area contributed by atoms with Crippen LogP contribution in [0, 0.1) is 0 Å². The van der Waals surface area contributed by atoms with Crippen LogP contribution in [0.2, 0.25) is 0 Å². The Morgan fingerprint density at radius 3 is 2.95 bits per heavy atom. The number of para-hydroxylation sites is 2. The van der Waals surface area contributed by atoms with E-state index in [0.29, 0.717) is 22.5 Å². The molecule has 0 saturated heterocycles. The summed E-state index contributed by atoms with van der Waals surface area (Å²) in [7, 11) is 1.60. The molecule has 5 nitrogen and oxygen atoms in total. The summed E-state index contributed by atoms with van der Waals surface area (Å²) in [5.41, 5.74) is 2.71. The molecule has 0 fully saturated rings. The fourth-order valence-corrected chi connectivity index (χ4v) is 2.02. The van der Waals surface area contributed by atoms with Crippen molar-refractivity contribution in [2.24, 2.45) is 4.99 Å². The molecule has 2 N–H and O–H groups in total. The van der Waals surface area contributed by atoms with Crippen molar-refractivity contribution < 1.29 is 9.84 Å². The van der Waals surface area contributed by atoms with E-state index in [0.717, 1.165) is 5.52 Å². The number of aromatic hydroxyl groups is 1. The van der Waals surface area contributed by atoms with E-state index in [2.05, 4.69) is 15.0 Å². The van der Waals surface area contributed by atoms with Crippen molar-refractivity contribution in [1.29, 1.82) is 0 Å². The van der Waals surface area contributed by atoms with Gasteiger partial charge in [-0.25, -0.2) is 0 Å². The molecule has 0 aliphatic rings. The molecule has 0 spiro atoms. The van der Waals surface area contributed by atoms with Gasteiger partial charge in [-0.1, -0.05) is 12.1 Å². The lowest BCUT2D eigenvalue weighted by atomic mass is 10.2. The number of aromatic nitrogens is 2. The average Bonchev–Trinajstić information content (AvgIpc) is 2.81. The summed E-state index contributed by atoms with van der Waals surface area (Å²) in [6, 6.07) is 11.1. The Kier molecular flexibility index (Phi) is 3.09. The summed E-state index contributed by atoms with van der Waals surface area (Å²) in [5, 5.41) is 9.92. The van der Waals surface area contributed by atoms with Gasteiger partial charge in [0.15, 0.2) is 5.88 Å². The summed E-state index contributed by atoms with van der Waals surface area (Å²) in [6.45, 7) is 0. The second-order valence-corrected chi connectivity index (χ2v) is 4.22. The van der Waals surface area contributed by atoms with Crippen LogP contribution in [-0.2, 0) is 0 Å². The molecule has 1 aromatic carbocycles. The molecule has 2 aromatic heterocycles. The van der Waals surface area contributed by atoms with Crippen molar-refractivity contribution in [3.8, 4) is 11.6 Å². The van der Waals surface area contributed by atoms with E-state index < -0.39 is 0 Å². The molecule has 0 aliphatic carbocycles. The number of hydrogen-bond acceptors (Lipinski definition) is 4. The van der Waals surface area contributed by atoms with E-state index in [-0.39, 0.29) is 5.88 Å². The van der Waals surface area contributed by atoms with Crippen LogP contribution < -0.4 is 4.74 Å². The number of pyridine rings is 1. The Morgan fingerprint density at radius 1 is 1.25 bits per heavy atom. The van der Waals surface area contributed by atoms with Crippen LogP contribution >= 0.6 is 0 Å². The largest absolute Gasteiger partial charge is 0.494 e. The van der Waals surface area contributed by atoms with Crippen molar-refractivity contribution in [3.05, 3.63) is 48.2 Å². The molecular formula is C15H13N3O2. The van der Waals surface area contributed by atoms with Gasteiger partial charge in [-0.3, -0.25) is 9.98 Å². The Labute approximate surface area is 115 Å². The van der Waals surface area contributed by atoms with Crippen molar-refractivity contribution >= 4 is 22.9 Å². The second-order valence-electron chi connectivity index (χ2n) is 4.22. The van der Waals surface area contributed by atoms with Gasteiger partial charge < -0.3 is 14.8 Å². The molecule has 0 aliphatic heterocycles. The lowest BCUT2D eigenvalue weighted by molar-refractivity contribution is 0.416. The first kappa shape index (κ1) is 12.2. The van der Waals surface area contributed by atoms with Crippen molar-refractivity contribution in [2.75, 3.05) is 7.11 Å². The molecule has 2 heterocycles. The van der Waals surface area contributed by atoms with Gasteiger partial charge in [0.25, 0.3) is 0 Å². The zero-order valence-corrected chi connectivity index (χ0v) is 10.9. The van der Waals surface area contributed by atoms with E-state index >= 15 is 0 Å². The van der Waals surface area contributed by atoms with Crippen LogP contribution in [0.4, 0.5) is 5.69 Å². The molecule has 0 atom stereocenters. The van der Waals surface area contributed by atoms with Gasteiger partial charge in [0.05, 0.1) is 18.2 Å². The minimum atomic E-state index is 0.0531. The Bertz CT molecular complexity index is 778. The van der Waals surface area contributed by atoms with E-state index in [1.807, 2.05) is 30.3 Å². The molecule has 0 unspecified atom stereocenters.